The number of amides is 1. The minimum Gasteiger partial charge on any atom is -0.478 e. The minimum absolute atomic E-state index is 0.0587. The molecule has 1 heterocycles. The topological polar surface area (TPSA) is 42.4 Å². The monoisotopic (exact) mass is 330 g/mol. The van der Waals surface area contributed by atoms with Crippen LogP contribution in [0.2, 0.25) is 0 Å². The van der Waals surface area contributed by atoms with Crippen LogP contribution in [0.1, 0.15) is 36.2 Å². The van der Waals surface area contributed by atoms with Crippen LogP contribution in [-0.2, 0) is 6.42 Å². The lowest BCUT2D eigenvalue weighted by Gasteiger charge is -2.22. The molecule has 128 valence electrons. The molecule has 1 aromatic carbocycles. The molecule has 2 rings (SSSR count). The van der Waals surface area contributed by atoms with Crippen LogP contribution in [0.5, 0.6) is 5.88 Å². The number of benzene rings is 1. The van der Waals surface area contributed by atoms with Crippen LogP contribution in [-0.4, -0.2) is 35.5 Å². The van der Waals surface area contributed by atoms with Crippen LogP contribution >= 0.6 is 0 Å². The molecule has 2 aromatic rings. The average Bonchev–Trinajstić information content (AvgIpc) is 2.58. The lowest BCUT2D eigenvalue weighted by Crippen LogP contribution is -2.33. The molecular weight excluding hydrogens is 307 g/mol. The summed E-state index contributed by atoms with van der Waals surface area (Å²) in [4.78, 5) is 18.6. The molecule has 0 aliphatic heterocycles. The van der Waals surface area contributed by atoms with Gasteiger partial charge in [0.15, 0.2) is 0 Å². The van der Waals surface area contributed by atoms with Gasteiger partial charge in [0.2, 0.25) is 5.88 Å². The molecule has 0 saturated carbocycles. The third kappa shape index (κ3) is 5.05. The van der Waals surface area contributed by atoms with Crippen molar-refractivity contribution in [3.8, 4) is 5.88 Å². The summed E-state index contributed by atoms with van der Waals surface area (Å²) in [7, 11) is 0. The number of rotatable bonds is 8. The maximum absolute atomic E-state index is 13.3. The molecule has 0 bridgehead atoms. The summed E-state index contributed by atoms with van der Waals surface area (Å²) in [6.45, 7) is 5.60. The zero-order chi connectivity index (χ0) is 17.4. The number of carbonyl (C=O) groups is 1. The van der Waals surface area contributed by atoms with Crippen LogP contribution in [0.25, 0.3) is 0 Å². The van der Waals surface area contributed by atoms with Crippen LogP contribution in [0.4, 0.5) is 4.39 Å². The van der Waals surface area contributed by atoms with E-state index < -0.39 is 0 Å². The largest absolute Gasteiger partial charge is 0.478 e. The molecule has 0 spiro atoms. The summed E-state index contributed by atoms with van der Waals surface area (Å²) in [6, 6.07) is 9.84. The summed E-state index contributed by atoms with van der Waals surface area (Å²) in [5.41, 5.74) is 1.44. The number of halogens is 1. The molecule has 0 fully saturated rings. The highest BCUT2D eigenvalue weighted by Crippen LogP contribution is 2.13. The lowest BCUT2D eigenvalue weighted by molar-refractivity contribution is 0.0756. The summed E-state index contributed by atoms with van der Waals surface area (Å²) in [5.74, 6) is 0.137. The number of hydrogen-bond donors (Lipinski definition) is 0. The van der Waals surface area contributed by atoms with Gasteiger partial charge < -0.3 is 9.64 Å². The van der Waals surface area contributed by atoms with E-state index in [0.717, 1.165) is 12.0 Å². The van der Waals surface area contributed by atoms with Gasteiger partial charge in [0.05, 0.1) is 6.61 Å². The van der Waals surface area contributed by atoms with Gasteiger partial charge in [-0.05, 0) is 43.5 Å². The molecule has 0 aliphatic carbocycles. The van der Waals surface area contributed by atoms with E-state index in [1.807, 2.05) is 19.9 Å². The van der Waals surface area contributed by atoms with Gasteiger partial charge in [-0.15, -0.1) is 0 Å². The molecule has 1 aromatic heterocycles. The Labute approximate surface area is 142 Å². The summed E-state index contributed by atoms with van der Waals surface area (Å²) >= 11 is 0. The minimum atomic E-state index is -0.253. The van der Waals surface area contributed by atoms with E-state index in [1.165, 1.54) is 12.1 Å². The van der Waals surface area contributed by atoms with Crippen molar-refractivity contribution in [2.75, 3.05) is 19.7 Å². The van der Waals surface area contributed by atoms with E-state index in [0.29, 0.717) is 37.6 Å². The Kier molecular flexibility index (Phi) is 6.73. The maximum Gasteiger partial charge on any atom is 0.254 e. The standard InChI is InChI=1S/C19H23FN2O2/c1-3-11-22(12-9-15-6-5-7-17(20)13-15)19(23)16-8-10-21-18(14-16)24-4-2/h5-8,10,13-14H,3-4,9,11-12H2,1-2H3. The highest BCUT2D eigenvalue weighted by atomic mass is 19.1. The lowest BCUT2D eigenvalue weighted by atomic mass is 10.1. The average molecular weight is 330 g/mol. The molecule has 4 nitrogen and oxygen atoms in total. The quantitative estimate of drug-likeness (QED) is 0.741. The zero-order valence-corrected chi connectivity index (χ0v) is 14.2. The number of ether oxygens (including phenoxy) is 1. The Morgan fingerprint density at radius 3 is 2.75 bits per heavy atom. The van der Waals surface area contributed by atoms with E-state index in [-0.39, 0.29) is 11.7 Å². The van der Waals surface area contributed by atoms with Crippen molar-refractivity contribution in [1.29, 1.82) is 0 Å². The van der Waals surface area contributed by atoms with Gasteiger partial charge >= 0.3 is 0 Å². The zero-order valence-electron chi connectivity index (χ0n) is 14.2. The number of carbonyl (C=O) groups excluding carboxylic acids is 1. The Balaban J connectivity index is 2.08. The van der Waals surface area contributed by atoms with Crippen molar-refractivity contribution in [2.45, 2.75) is 26.7 Å². The SMILES string of the molecule is CCCN(CCc1cccc(F)c1)C(=O)c1ccnc(OCC)c1. The molecule has 0 unspecified atom stereocenters. The van der Waals surface area contributed by atoms with Gasteiger partial charge in [0.25, 0.3) is 5.91 Å². The van der Waals surface area contributed by atoms with Crippen LogP contribution in [0.15, 0.2) is 42.6 Å². The number of pyridine rings is 1. The van der Waals surface area contributed by atoms with E-state index in [2.05, 4.69) is 4.98 Å². The first-order chi connectivity index (χ1) is 11.6. The van der Waals surface area contributed by atoms with Gasteiger partial charge in [-0.1, -0.05) is 19.1 Å². The number of aromatic nitrogens is 1. The Hall–Kier alpha value is -2.43. The van der Waals surface area contributed by atoms with E-state index in [9.17, 15) is 9.18 Å². The third-order valence-electron chi connectivity index (χ3n) is 3.61. The van der Waals surface area contributed by atoms with Gasteiger partial charge in [0, 0.05) is 30.9 Å². The summed E-state index contributed by atoms with van der Waals surface area (Å²) < 4.78 is 18.6. The molecule has 0 aliphatic rings. The molecule has 0 atom stereocenters. The van der Waals surface area contributed by atoms with E-state index in [1.54, 1.807) is 29.3 Å². The molecule has 0 N–H and O–H groups in total. The maximum atomic E-state index is 13.3. The molecule has 0 saturated heterocycles. The van der Waals surface area contributed by atoms with E-state index >= 15 is 0 Å². The highest BCUT2D eigenvalue weighted by molar-refractivity contribution is 5.94. The Morgan fingerprint density at radius 2 is 2.04 bits per heavy atom. The third-order valence-corrected chi connectivity index (χ3v) is 3.61. The molecule has 5 heteroatoms. The first-order valence-corrected chi connectivity index (χ1v) is 8.26. The smallest absolute Gasteiger partial charge is 0.254 e. The van der Waals surface area contributed by atoms with Crippen molar-refractivity contribution in [2.24, 2.45) is 0 Å². The highest BCUT2D eigenvalue weighted by Gasteiger charge is 2.16. The van der Waals surface area contributed by atoms with Gasteiger partial charge in [-0.25, -0.2) is 9.37 Å². The van der Waals surface area contributed by atoms with Crippen molar-refractivity contribution in [3.63, 3.8) is 0 Å². The van der Waals surface area contributed by atoms with Crippen LogP contribution in [0, 0.1) is 5.82 Å². The van der Waals surface area contributed by atoms with Crippen molar-refractivity contribution in [1.82, 2.24) is 9.88 Å². The van der Waals surface area contributed by atoms with Gasteiger partial charge in [0.1, 0.15) is 5.82 Å². The van der Waals surface area contributed by atoms with Gasteiger partial charge in [-0.3, -0.25) is 4.79 Å². The van der Waals surface area contributed by atoms with Crippen molar-refractivity contribution < 1.29 is 13.9 Å². The normalized spacial score (nSPS) is 10.5. The van der Waals surface area contributed by atoms with Crippen molar-refractivity contribution in [3.05, 3.63) is 59.5 Å². The molecule has 24 heavy (non-hydrogen) atoms. The second-order valence-corrected chi connectivity index (χ2v) is 5.49. The fourth-order valence-electron chi connectivity index (χ4n) is 2.49. The molecule has 0 radical (unpaired) electrons. The summed E-state index contributed by atoms with van der Waals surface area (Å²) in [6.07, 6.45) is 3.06. The van der Waals surface area contributed by atoms with Gasteiger partial charge in [-0.2, -0.15) is 0 Å². The first kappa shape index (κ1) is 17.9. The van der Waals surface area contributed by atoms with E-state index in [4.69, 9.17) is 4.74 Å². The molecular formula is C19H23FN2O2. The second kappa shape index (κ2) is 9.01. The fourth-order valence-corrected chi connectivity index (χ4v) is 2.49. The first-order valence-electron chi connectivity index (χ1n) is 8.26. The predicted molar refractivity (Wildman–Crippen MR) is 91.7 cm³/mol. The number of hydrogen-bond acceptors (Lipinski definition) is 3. The van der Waals surface area contributed by atoms with Crippen LogP contribution in [0.3, 0.4) is 0 Å². The Bertz CT molecular complexity index is 676. The second-order valence-electron chi connectivity index (χ2n) is 5.49. The fraction of sp³-hybridized carbons (Fsp3) is 0.368. The summed E-state index contributed by atoms with van der Waals surface area (Å²) in [5, 5.41) is 0. The van der Waals surface area contributed by atoms with Crippen molar-refractivity contribution >= 4 is 5.91 Å². The number of nitrogens with zero attached hydrogens (tertiary/aromatic N) is 2. The van der Waals surface area contributed by atoms with Crippen LogP contribution < -0.4 is 4.74 Å². The predicted octanol–water partition coefficient (Wildman–Crippen LogP) is 3.71. The molecule has 1 amide bonds. The Morgan fingerprint density at radius 1 is 1.21 bits per heavy atom.